The second kappa shape index (κ2) is 10.6. The molecule has 0 atom stereocenters. The zero-order valence-corrected chi connectivity index (χ0v) is 21.0. The highest BCUT2D eigenvalue weighted by Crippen LogP contribution is 2.35. The first-order chi connectivity index (χ1) is 19.3. The number of para-hydroxylation sites is 1. The summed E-state index contributed by atoms with van der Waals surface area (Å²) in [5, 5.41) is 39.4. The zero-order chi connectivity index (χ0) is 28.4. The van der Waals surface area contributed by atoms with E-state index in [1.54, 1.807) is 60.7 Å². The summed E-state index contributed by atoms with van der Waals surface area (Å²) in [6, 6.07) is 24.7. The number of fused-ring (bicyclic) bond motifs is 2. The topological polar surface area (TPSA) is 151 Å². The third-order valence-corrected chi connectivity index (χ3v) is 6.10. The quantitative estimate of drug-likeness (QED) is 0.221. The minimum atomic E-state index is -0.774. The number of aromatic hydroxyl groups is 4. The number of phenolic OH excluding ortho intramolecular Hbond substituents is 2. The molecule has 0 radical (unpaired) electrons. The van der Waals surface area contributed by atoms with E-state index in [4.69, 9.17) is 13.6 Å². The largest absolute Gasteiger partial charge is 0.508 e. The van der Waals surface area contributed by atoms with Gasteiger partial charge in [-0.05, 0) is 36.4 Å². The van der Waals surface area contributed by atoms with Crippen molar-refractivity contribution in [2.24, 2.45) is 0 Å². The van der Waals surface area contributed by atoms with Crippen LogP contribution in [0.3, 0.4) is 0 Å². The molecule has 4 aromatic carbocycles. The third kappa shape index (κ3) is 4.79. The van der Waals surface area contributed by atoms with Crippen molar-refractivity contribution in [3.63, 3.8) is 0 Å². The van der Waals surface area contributed by atoms with E-state index in [1.165, 1.54) is 13.2 Å². The summed E-state index contributed by atoms with van der Waals surface area (Å²) < 4.78 is 16.1. The number of rotatable bonds is 3. The van der Waals surface area contributed by atoms with Gasteiger partial charge in [-0.2, -0.15) is 0 Å². The number of methoxy groups -OCH3 is 1. The van der Waals surface area contributed by atoms with Crippen molar-refractivity contribution in [2.75, 3.05) is 7.11 Å². The lowest BCUT2D eigenvalue weighted by Gasteiger charge is -2.08. The molecule has 0 aliphatic heterocycles. The Balaban J connectivity index is 0.000000164. The average Bonchev–Trinajstić information content (AvgIpc) is 2.97. The van der Waals surface area contributed by atoms with Crippen LogP contribution in [0.4, 0.5) is 0 Å². The van der Waals surface area contributed by atoms with E-state index in [-0.39, 0.29) is 34.0 Å². The number of phenols is 2. The fourth-order valence-electron chi connectivity index (χ4n) is 4.13. The second-order valence-corrected chi connectivity index (χ2v) is 8.65. The van der Waals surface area contributed by atoms with Crippen molar-refractivity contribution in [1.82, 2.24) is 0 Å². The van der Waals surface area contributed by atoms with Crippen LogP contribution >= 0.6 is 0 Å². The molecule has 0 bridgehead atoms. The van der Waals surface area contributed by atoms with Gasteiger partial charge in [0.05, 0.1) is 12.5 Å². The third-order valence-electron chi connectivity index (χ3n) is 6.10. The lowest BCUT2D eigenvalue weighted by atomic mass is 10.1. The van der Waals surface area contributed by atoms with Crippen LogP contribution < -0.4 is 15.6 Å². The van der Waals surface area contributed by atoms with Gasteiger partial charge in [-0.3, -0.25) is 9.59 Å². The lowest BCUT2D eigenvalue weighted by molar-refractivity contribution is 0.414. The highest BCUT2D eigenvalue weighted by molar-refractivity contribution is 5.88. The van der Waals surface area contributed by atoms with Crippen molar-refractivity contribution >= 4 is 21.9 Å². The first kappa shape index (κ1) is 25.9. The Morgan fingerprint density at radius 3 is 1.88 bits per heavy atom. The van der Waals surface area contributed by atoms with Gasteiger partial charge in [-0.25, -0.2) is 0 Å². The summed E-state index contributed by atoms with van der Waals surface area (Å²) in [5.74, 6) is -0.899. The van der Waals surface area contributed by atoms with Gasteiger partial charge in [0, 0.05) is 23.3 Å². The van der Waals surface area contributed by atoms with Gasteiger partial charge < -0.3 is 34.0 Å². The molecule has 0 fully saturated rings. The van der Waals surface area contributed by atoms with E-state index in [2.05, 4.69) is 0 Å². The molecule has 40 heavy (non-hydrogen) atoms. The summed E-state index contributed by atoms with van der Waals surface area (Å²) in [6.45, 7) is 0. The van der Waals surface area contributed by atoms with Crippen molar-refractivity contribution in [3.8, 4) is 51.4 Å². The molecular weight excluding hydrogens is 516 g/mol. The summed E-state index contributed by atoms with van der Waals surface area (Å²) in [7, 11) is 1.52. The van der Waals surface area contributed by atoms with Crippen LogP contribution in [0.1, 0.15) is 0 Å². The predicted molar refractivity (Wildman–Crippen MR) is 149 cm³/mol. The predicted octanol–water partition coefficient (Wildman–Crippen LogP) is 5.75. The molecule has 200 valence electrons. The second-order valence-electron chi connectivity index (χ2n) is 8.65. The van der Waals surface area contributed by atoms with E-state index in [0.29, 0.717) is 27.8 Å². The van der Waals surface area contributed by atoms with Crippen molar-refractivity contribution in [2.45, 2.75) is 0 Å². The molecule has 0 saturated heterocycles. The Morgan fingerprint density at radius 1 is 0.625 bits per heavy atom. The number of benzene rings is 4. The Hall–Kier alpha value is -5.70. The van der Waals surface area contributed by atoms with Gasteiger partial charge in [-0.15, -0.1) is 0 Å². The van der Waals surface area contributed by atoms with E-state index in [9.17, 15) is 30.0 Å². The standard InChI is InChI=1S/C16H12O6.C15H10O3/c1-21-10-4-2-8(3-5-10)16-15(20)14(19)13-11(18)6-9(17)7-12(13)22-16;16-13-11-8-4-5-9-12(11)18-15(14(13)17)10-6-2-1-3-7-10/h2-7,17-18,20H,1H3;1-9,17H. The maximum atomic E-state index is 12.2. The van der Waals surface area contributed by atoms with E-state index >= 15 is 0 Å². The molecule has 9 nitrogen and oxygen atoms in total. The first-order valence-electron chi connectivity index (χ1n) is 11.9. The molecule has 4 N–H and O–H groups in total. The molecule has 0 saturated carbocycles. The average molecular weight is 539 g/mol. The Morgan fingerprint density at radius 2 is 1.20 bits per heavy atom. The molecule has 6 aromatic rings. The molecule has 2 aromatic heterocycles. The van der Waals surface area contributed by atoms with Crippen molar-refractivity contribution in [1.29, 1.82) is 0 Å². The normalized spacial score (nSPS) is 10.7. The number of hydrogen-bond acceptors (Lipinski definition) is 9. The molecule has 0 aliphatic rings. The van der Waals surface area contributed by atoms with Crippen LogP contribution in [0.2, 0.25) is 0 Å². The summed E-state index contributed by atoms with van der Waals surface area (Å²) in [5.41, 5.74) is 0.406. The first-order valence-corrected chi connectivity index (χ1v) is 11.9. The van der Waals surface area contributed by atoms with Crippen LogP contribution in [0, 0.1) is 0 Å². The van der Waals surface area contributed by atoms with Gasteiger partial charge in [0.15, 0.2) is 11.5 Å². The summed E-state index contributed by atoms with van der Waals surface area (Å²) in [6.07, 6.45) is 0. The lowest BCUT2D eigenvalue weighted by Crippen LogP contribution is -2.03. The van der Waals surface area contributed by atoms with Gasteiger partial charge in [-0.1, -0.05) is 42.5 Å². The Labute approximate surface area is 226 Å². The Kier molecular flexibility index (Phi) is 6.86. The SMILES string of the molecule is COc1ccc(-c2oc3cc(O)cc(O)c3c(=O)c2O)cc1.O=c1c(O)c(-c2ccccc2)oc2ccccc12. The van der Waals surface area contributed by atoms with Gasteiger partial charge in [0.2, 0.25) is 22.4 Å². The zero-order valence-electron chi connectivity index (χ0n) is 21.0. The monoisotopic (exact) mass is 538 g/mol. The maximum absolute atomic E-state index is 12.2. The van der Waals surface area contributed by atoms with Crippen molar-refractivity contribution < 1.29 is 34.0 Å². The molecule has 0 unspecified atom stereocenters. The van der Waals surface area contributed by atoms with Crippen molar-refractivity contribution in [3.05, 3.63) is 111 Å². The molecular formula is C31H22O9. The van der Waals surface area contributed by atoms with Crippen LogP contribution in [-0.2, 0) is 0 Å². The summed E-state index contributed by atoms with van der Waals surface area (Å²) in [4.78, 5) is 24.2. The van der Waals surface area contributed by atoms with Crippen LogP contribution in [0.15, 0.2) is 109 Å². The van der Waals surface area contributed by atoms with Crippen LogP contribution in [0.25, 0.3) is 44.6 Å². The fourth-order valence-corrected chi connectivity index (χ4v) is 4.13. The van der Waals surface area contributed by atoms with Gasteiger partial charge >= 0.3 is 0 Å². The molecule has 6 rings (SSSR count). The minimum absolute atomic E-state index is 0.0221. The highest BCUT2D eigenvalue weighted by Gasteiger charge is 2.19. The molecule has 0 amide bonds. The summed E-state index contributed by atoms with van der Waals surface area (Å²) >= 11 is 0. The fraction of sp³-hybridized carbons (Fsp3) is 0.0323. The Bertz CT molecular complexity index is 1960. The van der Waals surface area contributed by atoms with Crippen LogP contribution in [0.5, 0.6) is 28.7 Å². The van der Waals surface area contributed by atoms with Gasteiger partial charge in [0.25, 0.3) is 0 Å². The van der Waals surface area contributed by atoms with E-state index < -0.39 is 22.4 Å². The molecule has 0 spiro atoms. The smallest absolute Gasteiger partial charge is 0.238 e. The number of ether oxygens (including phenoxy) is 1. The maximum Gasteiger partial charge on any atom is 0.238 e. The van der Waals surface area contributed by atoms with E-state index in [0.717, 1.165) is 6.07 Å². The van der Waals surface area contributed by atoms with Gasteiger partial charge in [0.1, 0.15) is 33.8 Å². The minimum Gasteiger partial charge on any atom is -0.508 e. The highest BCUT2D eigenvalue weighted by atomic mass is 16.5. The molecule has 2 heterocycles. The molecule has 0 aliphatic carbocycles. The molecule has 9 heteroatoms. The van der Waals surface area contributed by atoms with E-state index in [1.807, 2.05) is 18.2 Å². The van der Waals surface area contributed by atoms with Crippen LogP contribution in [-0.4, -0.2) is 27.5 Å². The number of hydrogen-bond donors (Lipinski definition) is 4.